The molecule has 0 saturated heterocycles. The topological polar surface area (TPSA) is 48.0 Å². The Morgan fingerprint density at radius 3 is 2.29 bits per heavy atom. The number of hydrogen-bond donors (Lipinski definition) is 0. The highest BCUT2D eigenvalue weighted by atomic mass is 16.5. The van der Waals surface area contributed by atoms with Gasteiger partial charge in [0.2, 0.25) is 0 Å². The number of methoxy groups -OCH3 is 2. The first-order chi connectivity index (χ1) is 13.5. The summed E-state index contributed by atoms with van der Waals surface area (Å²) in [5.74, 6) is 2.88. The van der Waals surface area contributed by atoms with Crippen molar-refractivity contribution in [2.24, 2.45) is 5.92 Å². The van der Waals surface area contributed by atoms with Crippen LogP contribution in [0.3, 0.4) is 0 Å². The fourth-order valence-electron chi connectivity index (χ4n) is 3.35. The molecule has 5 heteroatoms. The molecule has 1 aliphatic rings. The maximum atomic E-state index is 12.9. The number of carbonyl (C=O) groups excluding carboxylic acids is 1. The van der Waals surface area contributed by atoms with Crippen LogP contribution in [0, 0.1) is 5.92 Å². The SMILES string of the molecule is COc1cc2c(cc1OC)CN(C(=O)c1ccc(OCCC(C)C)cc1)CC2. The van der Waals surface area contributed by atoms with Gasteiger partial charge in [-0.1, -0.05) is 13.8 Å². The van der Waals surface area contributed by atoms with Crippen LogP contribution in [-0.2, 0) is 13.0 Å². The second-order valence-electron chi connectivity index (χ2n) is 7.51. The van der Waals surface area contributed by atoms with Crippen LogP contribution in [0.4, 0.5) is 0 Å². The number of rotatable bonds is 7. The van der Waals surface area contributed by atoms with Crippen molar-refractivity contribution >= 4 is 5.91 Å². The Kier molecular flexibility index (Phi) is 6.45. The van der Waals surface area contributed by atoms with E-state index < -0.39 is 0 Å². The predicted molar refractivity (Wildman–Crippen MR) is 109 cm³/mol. The lowest BCUT2D eigenvalue weighted by Gasteiger charge is -2.29. The Labute approximate surface area is 167 Å². The van der Waals surface area contributed by atoms with E-state index in [1.54, 1.807) is 14.2 Å². The van der Waals surface area contributed by atoms with Crippen LogP contribution >= 0.6 is 0 Å². The van der Waals surface area contributed by atoms with Crippen molar-refractivity contribution in [3.8, 4) is 17.2 Å². The summed E-state index contributed by atoms with van der Waals surface area (Å²) in [4.78, 5) is 14.8. The zero-order valence-corrected chi connectivity index (χ0v) is 17.2. The van der Waals surface area contributed by atoms with E-state index in [1.165, 1.54) is 5.56 Å². The number of fused-ring (bicyclic) bond motifs is 1. The molecule has 0 N–H and O–H groups in total. The van der Waals surface area contributed by atoms with E-state index in [9.17, 15) is 4.79 Å². The molecule has 1 heterocycles. The molecule has 0 fully saturated rings. The van der Waals surface area contributed by atoms with Gasteiger partial charge < -0.3 is 19.1 Å². The Balaban J connectivity index is 1.67. The van der Waals surface area contributed by atoms with Crippen molar-refractivity contribution in [2.75, 3.05) is 27.4 Å². The first-order valence-electron chi connectivity index (χ1n) is 9.77. The van der Waals surface area contributed by atoms with Gasteiger partial charge in [-0.05, 0) is 66.3 Å². The van der Waals surface area contributed by atoms with Gasteiger partial charge in [0.1, 0.15) is 5.75 Å². The predicted octanol–water partition coefficient (Wildman–Crippen LogP) is 4.33. The summed E-state index contributed by atoms with van der Waals surface area (Å²) in [6.45, 7) is 6.30. The minimum atomic E-state index is 0.0363. The van der Waals surface area contributed by atoms with Crippen LogP contribution in [0.5, 0.6) is 17.2 Å². The summed E-state index contributed by atoms with van der Waals surface area (Å²) in [5, 5.41) is 0. The van der Waals surface area contributed by atoms with E-state index in [0.29, 0.717) is 36.9 Å². The standard InChI is InChI=1S/C23H29NO4/c1-16(2)10-12-28-20-7-5-17(6-8-20)23(25)24-11-9-18-13-21(26-3)22(27-4)14-19(18)15-24/h5-8,13-14,16H,9-12,15H2,1-4H3. The molecule has 2 aromatic carbocycles. The lowest BCUT2D eigenvalue weighted by Crippen LogP contribution is -2.36. The molecule has 150 valence electrons. The highest BCUT2D eigenvalue weighted by Crippen LogP contribution is 2.33. The molecule has 0 spiro atoms. The third-order valence-electron chi connectivity index (χ3n) is 5.07. The number of amides is 1. The van der Waals surface area contributed by atoms with E-state index in [1.807, 2.05) is 41.3 Å². The minimum absolute atomic E-state index is 0.0363. The zero-order chi connectivity index (χ0) is 20.1. The van der Waals surface area contributed by atoms with Crippen LogP contribution < -0.4 is 14.2 Å². The van der Waals surface area contributed by atoms with Crippen LogP contribution in [0.25, 0.3) is 0 Å². The summed E-state index contributed by atoms with van der Waals surface area (Å²) in [7, 11) is 3.26. The summed E-state index contributed by atoms with van der Waals surface area (Å²) >= 11 is 0. The monoisotopic (exact) mass is 383 g/mol. The van der Waals surface area contributed by atoms with Crippen molar-refractivity contribution in [3.63, 3.8) is 0 Å². The third kappa shape index (κ3) is 4.58. The lowest BCUT2D eigenvalue weighted by atomic mass is 9.98. The normalized spacial score (nSPS) is 13.2. The number of hydrogen-bond acceptors (Lipinski definition) is 4. The third-order valence-corrected chi connectivity index (χ3v) is 5.07. The number of nitrogens with zero attached hydrogens (tertiary/aromatic N) is 1. The molecule has 28 heavy (non-hydrogen) atoms. The quantitative estimate of drug-likeness (QED) is 0.714. The number of carbonyl (C=O) groups is 1. The molecular weight excluding hydrogens is 354 g/mol. The summed E-state index contributed by atoms with van der Waals surface area (Å²) in [5.41, 5.74) is 2.99. The molecule has 5 nitrogen and oxygen atoms in total. The van der Waals surface area contributed by atoms with E-state index in [0.717, 1.165) is 29.9 Å². The van der Waals surface area contributed by atoms with Crippen LogP contribution in [0.15, 0.2) is 36.4 Å². The Morgan fingerprint density at radius 1 is 1.04 bits per heavy atom. The van der Waals surface area contributed by atoms with Crippen molar-refractivity contribution in [3.05, 3.63) is 53.1 Å². The van der Waals surface area contributed by atoms with E-state index in [2.05, 4.69) is 13.8 Å². The number of ether oxygens (including phenoxy) is 3. The summed E-state index contributed by atoms with van der Waals surface area (Å²) in [6.07, 6.45) is 1.82. The molecule has 0 unspecified atom stereocenters. The number of benzene rings is 2. The van der Waals surface area contributed by atoms with Crippen LogP contribution in [0.2, 0.25) is 0 Å². The highest BCUT2D eigenvalue weighted by Gasteiger charge is 2.23. The lowest BCUT2D eigenvalue weighted by molar-refractivity contribution is 0.0734. The van der Waals surface area contributed by atoms with Gasteiger partial charge in [0, 0.05) is 18.7 Å². The van der Waals surface area contributed by atoms with Gasteiger partial charge in [0.15, 0.2) is 11.5 Å². The van der Waals surface area contributed by atoms with Crippen LogP contribution in [0.1, 0.15) is 41.8 Å². The molecular formula is C23H29NO4. The Hall–Kier alpha value is -2.69. The molecule has 1 amide bonds. The molecule has 1 aliphatic heterocycles. The van der Waals surface area contributed by atoms with Gasteiger partial charge in [-0.15, -0.1) is 0 Å². The van der Waals surface area contributed by atoms with E-state index >= 15 is 0 Å². The maximum absolute atomic E-state index is 12.9. The van der Waals surface area contributed by atoms with Gasteiger partial charge in [0.05, 0.1) is 20.8 Å². The van der Waals surface area contributed by atoms with Crippen molar-refractivity contribution < 1.29 is 19.0 Å². The van der Waals surface area contributed by atoms with Crippen molar-refractivity contribution in [1.29, 1.82) is 0 Å². The molecule has 0 saturated carbocycles. The minimum Gasteiger partial charge on any atom is -0.494 e. The van der Waals surface area contributed by atoms with Gasteiger partial charge in [-0.3, -0.25) is 4.79 Å². The second-order valence-corrected chi connectivity index (χ2v) is 7.51. The molecule has 0 aromatic heterocycles. The van der Waals surface area contributed by atoms with E-state index in [4.69, 9.17) is 14.2 Å². The maximum Gasteiger partial charge on any atom is 0.254 e. The summed E-state index contributed by atoms with van der Waals surface area (Å²) in [6, 6.07) is 11.4. The van der Waals surface area contributed by atoms with E-state index in [-0.39, 0.29) is 5.91 Å². The van der Waals surface area contributed by atoms with Gasteiger partial charge in [-0.2, -0.15) is 0 Å². The molecule has 3 rings (SSSR count). The molecule has 0 bridgehead atoms. The van der Waals surface area contributed by atoms with Gasteiger partial charge >= 0.3 is 0 Å². The Bertz CT molecular complexity index is 814. The Morgan fingerprint density at radius 2 is 1.68 bits per heavy atom. The largest absolute Gasteiger partial charge is 0.494 e. The molecule has 0 aliphatic carbocycles. The van der Waals surface area contributed by atoms with Crippen molar-refractivity contribution in [2.45, 2.75) is 33.2 Å². The zero-order valence-electron chi connectivity index (χ0n) is 17.2. The van der Waals surface area contributed by atoms with Crippen LogP contribution in [-0.4, -0.2) is 38.2 Å². The highest BCUT2D eigenvalue weighted by molar-refractivity contribution is 5.94. The summed E-state index contributed by atoms with van der Waals surface area (Å²) < 4.78 is 16.5. The van der Waals surface area contributed by atoms with Gasteiger partial charge in [0.25, 0.3) is 5.91 Å². The first-order valence-corrected chi connectivity index (χ1v) is 9.77. The first kappa shape index (κ1) is 20.1. The fraction of sp³-hybridized carbons (Fsp3) is 0.435. The van der Waals surface area contributed by atoms with Crippen molar-refractivity contribution in [1.82, 2.24) is 4.90 Å². The van der Waals surface area contributed by atoms with Gasteiger partial charge in [-0.25, -0.2) is 0 Å². The fourth-order valence-corrected chi connectivity index (χ4v) is 3.35. The average molecular weight is 383 g/mol. The second kappa shape index (κ2) is 9.00. The molecule has 2 aromatic rings. The molecule has 0 radical (unpaired) electrons. The molecule has 0 atom stereocenters. The smallest absolute Gasteiger partial charge is 0.254 e. The average Bonchev–Trinajstić information content (AvgIpc) is 2.72.